The Kier molecular flexibility index (Phi) is 2.61. The number of H-pyrrole nitrogens is 3. The Morgan fingerprint density at radius 3 is 2.83 bits per heavy atom. The molecular formula is C18H14N6. The summed E-state index contributed by atoms with van der Waals surface area (Å²) >= 11 is 0. The van der Waals surface area contributed by atoms with Crippen molar-refractivity contribution in [2.45, 2.75) is 6.92 Å². The van der Waals surface area contributed by atoms with Crippen LogP contribution >= 0.6 is 0 Å². The van der Waals surface area contributed by atoms with E-state index in [-0.39, 0.29) is 0 Å². The third kappa shape index (κ3) is 1.93. The molecule has 24 heavy (non-hydrogen) atoms. The predicted molar refractivity (Wildman–Crippen MR) is 93.5 cm³/mol. The number of benzene rings is 1. The van der Waals surface area contributed by atoms with Gasteiger partial charge in [0.2, 0.25) is 0 Å². The van der Waals surface area contributed by atoms with Gasteiger partial charge in [-0.05, 0) is 42.8 Å². The van der Waals surface area contributed by atoms with Crippen molar-refractivity contribution in [3.63, 3.8) is 0 Å². The second-order valence-corrected chi connectivity index (χ2v) is 5.89. The number of fused-ring (bicyclic) bond motifs is 2. The molecule has 0 unspecified atom stereocenters. The molecule has 6 nitrogen and oxygen atoms in total. The van der Waals surface area contributed by atoms with Gasteiger partial charge in [0, 0.05) is 28.2 Å². The summed E-state index contributed by atoms with van der Waals surface area (Å²) in [5, 5.41) is 16.6. The van der Waals surface area contributed by atoms with Gasteiger partial charge in [0.05, 0.1) is 17.4 Å². The lowest BCUT2D eigenvalue weighted by Crippen LogP contribution is -1.82. The zero-order chi connectivity index (χ0) is 16.1. The van der Waals surface area contributed by atoms with Crippen LogP contribution in [0, 0.1) is 6.92 Å². The Hall–Kier alpha value is -3.41. The zero-order valence-electron chi connectivity index (χ0n) is 13.0. The molecule has 0 atom stereocenters. The van der Waals surface area contributed by atoms with Crippen LogP contribution in [0.15, 0.2) is 48.8 Å². The first kappa shape index (κ1) is 13.1. The number of hydrogen-bond acceptors (Lipinski definition) is 3. The highest BCUT2D eigenvalue weighted by molar-refractivity contribution is 5.97. The van der Waals surface area contributed by atoms with Crippen molar-refractivity contribution in [2.24, 2.45) is 0 Å². The van der Waals surface area contributed by atoms with Gasteiger partial charge in [0.15, 0.2) is 0 Å². The molecular weight excluding hydrogens is 300 g/mol. The van der Waals surface area contributed by atoms with Crippen molar-refractivity contribution in [1.29, 1.82) is 0 Å². The van der Waals surface area contributed by atoms with Crippen LogP contribution < -0.4 is 0 Å². The minimum Gasteiger partial charge on any atom is -0.338 e. The summed E-state index contributed by atoms with van der Waals surface area (Å²) < 4.78 is 0. The average molecular weight is 314 g/mol. The van der Waals surface area contributed by atoms with Gasteiger partial charge in [0.25, 0.3) is 0 Å². The van der Waals surface area contributed by atoms with Gasteiger partial charge in [-0.1, -0.05) is 6.07 Å². The second kappa shape index (κ2) is 4.79. The lowest BCUT2D eigenvalue weighted by Gasteiger charge is -1.98. The van der Waals surface area contributed by atoms with Crippen molar-refractivity contribution in [3.8, 4) is 22.5 Å². The molecule has 0 bridgehead atoms. The number of nitrogens with zero attached hydrogens (tertiary/aromatic N) is 3. The van der Waals surface area contributed by atoms with Gasteiger partial charge >= 0.3 is 0 Å². The Labute approximate surface area is 136 Å². The van der Waals surface area contributed by atoms with Crippen molar-refractivity contribution in [1.82, 2.24) is 30.4 Å². The monoisotopic (exact) mass is 314 g/mol. The van der Waals surface area contributed by atoms with E-state index >= 15 is 0 Å². The molecule has 0 saturated heterocycles. The molecule has 0 aliphatic heterocycles. The van der Waals surface area contributed by atoms with Gasteiger partial charge in [-0.15, -0.1) is 0 Å². The average Bonchev–Trinajstić information content (AvgIpc) is 3.32. The maximum absolute atomic E-state index is 4.54. The molecule has 0 amide bonds. The number of hydrogen-bond donors (Lipinski definition) is 3. The molecule has 0 aliphatic carbocycles. The smallest absolute Gasteiger partial charge is 0.138 e. The van der Waals surface area contributed by atoms with Crippen LogP contribution in [0.25, 0.3) is 44.5 Å². The van der Waals surface area contributed by atoms with Crippen LogP contribution in [-0.4, -0.2) is 30.4 Å². The van der Waals surface area contributed by atoms with Crippen LogP contribution in [-0.2, 0) is 0 Å². The summed E-state index contributed by atoms with van der Waals surface area (Å²) in [7, 11) is 0. The molecule has 0 radical (unpaired) electrons. The molecule has 5 rings (SSSR count). The fourth-order valence-corrected chi connectivity index (χ4v) is 3.04. The van der Waals surface area contributed by atoms with Gasteiger partial charge in [-0.25, -0.2) is 4.98 Å². The van der Waals surface area contributed by atoms with E-state index in [0.29, 0.717) is 0 Å². The summed E-state index contributed by atoms with van der Waals surface area (Å²) in [5.41, 5.74) is 6.88. The first-order chi connectivity index (χ1) is 11.8. The molecule has 0 spiro atoms. The highest BCUT2D eigenvalue weighted by Crippen LogP contribution is 2.31. The van der Waals surface area contributed by atoms with E-state index in [2.05, 4.69) is 54.6 Å². The lowest BCUT2D eigenvalue weighted by atomic mass is 10.1. The minimum atomic E-state index is 0.882. The standard InChI is InChI=1S/C18H14N6/c1-10-2-3-12-7-16(22-18(12)21-10)17-14-6-11(13-8-19-20-9-13)4-5-15(14)23-24-17/h2-9H,1H3,(H,19,20)(H,21,22)(H,23,24). The summed E-state index contributed by atoms with van der Waals surface area (Å²) in [4.78, 5) is 7.91. The number of aromatic amines is 3. The molecule has 4 aromatic heterocycles. The predicted octanol–water partition coefficient (Wildman–Crippen LogP) is 3.80. The van der Waals surface area contributed by atoms with Crippen molar-refractivity contribution in [2.75, 3.05) is 0 Å². The van der Waals surface area contributed by atoms with E-state index in [0.717, 1.165) is 50.1 Å². The molecule has 3 N–H and O–H groups in total. The number of aryl methyl sites for hydroxylation is 1. The molecule has 116 valence electrons. The summed E-state index contributed by atoms with van der Waals surface area (Å²) in [6.45, 7) is 1.99. The first-order valence-electron chi connectivity index (χ1n) is 7.72. The van der Waals surface area contributed by atoms with Gasteiger partial charge in [-0.2, -0.15) is 10.2 Å². The largest absolute Gasteiger partial charge is 0.338 e. The van der Waals surface area contributed by atoms with E-state index in [1.165, 1.54) is 0 Å². The zero-order valence-corrected chi connectivity index (χ0v) is 13.0. The number of rotatable bonds is 2. The van der Waals surface area contributed by atoms with Crippen LogP contribution in [0.2, 0.25) is 0 Å². The Morgan fingerprint density at radius 2 is 1.96 bits per heavy atom. The van der Waals surface area contributed by atoms with E-state index in [1.54, 1.807) is 0 Å². The third-order valence-corrected chi connectivity index (χ3v) is 4.27. The Bertz CT molecular complexity index is 1160. The van der Waals surface area contributed by atoms with Crippen LogP contribution in [0.4, 0.5) is 0 Å². The first-order valence-corrected chi connectivity index (χ1v) is 7.72. The quantitative estimate of drug-likeness (QED) is 0.463. The van der Waals surface area contributed by atoms with Crippen molar-refractivity contribution >= 4 is 21.9 Å². The topological polar surface area (TPSA) is 86.0 Å². The Balaban J connectivity index is 1.71. The minimum absolute atomic E-state index is 0.882. The molecule has 5 aromatic rings. The van der Waals surface area contributed by atoms with Crippen LogP contribution in [0.3, 0.4) is 0 Å². The van der Waals surface area contributed by atoms with E-state index in [1.807, 2.05) is 31.5 Å². The molecule has 4 heterocycles. The fourth-order valence-electron chi connectivity index (χ4n) is 3.04. The third-order valence-electron chi connectivity index (χ3n) is 4.27. The van der Waals surface area contributed by atoms with Gasteiger partial charge in [-0.3, -0.25) is 10.2 Å². The molecule has 0 saturated carbocycles. The summed E-state index contributed by atoms with van der Waals surface area (Å²) in [5.74, 6) is 0. The fraction of sp³-hybridized carbons (Fsp3) is 0.0556. The van der Waals surface area contributed by atoms with E-state index in [4.69, 9.17) is 0 Å². The van der Waals surface area contributed by atoms with Crippen LogP contribution in [0.5, 0.6) is 0 Å². The maximum Gasteiger partial charge on any atom is 0.138 e. The highest BCUT2D eigenvalue weighted by atomic mass is 15.1. The number of nitrogens with one attached hydrogen (secondary N) is 3. The normalized spacial score (nSPS) is 11.5. The highest BCUT2D eigenvalue weighted by Gasteiger charge is 2.12. The van der Waals surface area contributed by atoms with Gasteiger partial charge in [0.1, 0.15) is 11.3 Å². The number of pyridine rings is 1. The van der Waals surface area contributed by atoms with E-state index in [9.17, 15) is 0 Å². The van der Waals surface area contributed by atoms with Crippen molar-refractivity contribution in [3.05, 3.63) is 54.5 Å². The van der Waals surface area contributed by atoms with E-state index < -0.39 is 0 Å². The molecule has 0 aliphatic rings. The second-order valence-electron chi connectivity index (χ2n) is 5.89. The van der Waals surface area contributed by atoms with Crippen molar-refractivity contribution < 1.29 is 0 Å². The lowest BCUT2D eigenvalue weighted by molar-refractivity contribution is 1.09. The van der Waals surface area contributed by atoms with Gasteiger partial charge < -0.3 is 4.98 Å². The number of aromatic nitrogens is 6. The van der Waals surface area contributed by atoms with Crippen LogP contribution in [0.1, 0.15) is 5.69 Å². The maximum atomic E-state index is 4.54. The summed E-state index contributed by atoms with van der Waals surface area (Å²) in [6, 6.07) is 12.4. The molecule has 0 fully saturated rings. The SMILES string of the molecule is Cc1ccc2cc(-c3n[nH]c4ccc(-c5cn[nH]c5)cc34)[nH]c2n1. The summed E-state index contributed by atoms with van der Waals surface area (Å²) in [6.07, 6.45) is 3.70. The molecule has 6 heteroatoms. The molecule has 1 aromatic carbocycles. The Morgan fingerprint density at radius 1 is 1.00 bits per heavy atom.